The number of carboxylic acid groups (broad SMARTS) is 1. The van der Waals surface area contributed by atoms with Crippen LogP contribution in [0.15, 0.2) is 81.1 Å². The summed E-state index contributed by atoms with van der Waals surface area (Å²) in [4.78, 5) is 31.4. The van der Waals surface area contributed by atoms with Gasteiger partial charge in [0.1, 0.15) is 11.5 Å². The van der Waals surface area contributed by atoms with E-state index in [1.54, 1.807) is 43.4 Å². The molecule has 9 heteroatoms. The molecule has 178 valence electrons. The highest BCUT2D eigenvalue weighted by Crippen LogP contribution is 2.39. The molecule has 0 atom stereocenters. The number of benzene rings is 3. The topological polar surface area (TPSA) is 88.4 Å². The summed E-state index contributed by atoms with van der Waals surface area (Å²) in [6.45, 7) is 0.248. The fraction of sp³-hybridized carbons (Fsp3) is 0.115. The molecule has 1 fully saturated rings. The minimum Gasteiger partial charge on any atom is -0.496 e. The van der Waals surface area contributed by atoms with Crippen LogP contribution in [0, 0.1) is 0 Å². The molecule has 1 N–H and O–H groups in total. The number of amides is 1. The number of nitrogens with zero attached hydrogens (tertiary/aromatic N) is 2. The molecule has 0 unspecified atom stereocenters. The van der Waals surface area contributed by atoms with Crippen molar-refractivity contribution < 1.29 is 24.2 Å². The van der Waals surface area contributed by atoms with Gasteiger partial charge in [0.05, 0.1) is 41.4 Å². The number of rotatable bonds is 7. The number of halogens is 1. The highest BCUT2D eigenvalue weighted by molar-refractivity contribution is 9.10. The van der Waals surface area contributed by atoms with Crippen LogP contribution in [0.4, 0.5) is 5.69 Å². The maximum atomic E-state index is 13.5. The number of carboxylic acids is 1. The normalized spacial score (nSPS) is 15.6. The molecule has 7 nitrogen and oxygen atoms in total. The molecule has 35 heavy (non-hydrogen) atoms. The Labute approximate surface area is 215 Å². The van der Waals surface area contributed by atoms with Gasteiger partial charge in [-0.1, -0.05) is 30.3 Å². The van der Waals surface area contributed by atoms with Crippen molar-refractivity contribution in [3.05, 3.63) is 92.8 Å². The van der Waals surface area contributed by atoms with Crippen LogP contribution in [0.2, 0.25) is 0 Å². The van der Waals surface area contributed by atoms with E-state index in [1.807, 2.05) is 36.4 Å². The fourth-order valence-electron chi connectivity index (χ4n) is 3.42. The van der Waals surface area contributed by atoms with Gasteiger partial charge in [-0.05, 0) is 69.7 Å². The average Bonchev–Trinajstić information content (AvgIpc) is 3.14. The van der Waals surface area contributed by atoms with Gasteiger partial charge in [0, 0.05) is 11.6 Å². The molecule has 0 bridgehead atoms. The van der Waals surface area contributed by atoms with Crippen molar-refractivity contribution in [2.24, 2.45) is 4.99 Å². The number of aliphatic imine (C=N–C) groups is 1. The third kappa shape index (κ3) is 5.58. The first-order chi connectivity index (χ1) is 16.9. The summed E-state index contributed by atoms with van der Waals surface area (Å²) >= 11 is 4.76. The molecule has 1 saturated heterocycles. The smallest absolute Gasteiger partial charge is 0.335 e. The van der Waals surface area contributed by atoms with E-state index in [1.165, 1.54) is 23.9 Å². The molecule has 3 aromatic carbocycles. The number of hydrogen-bond donors (Lipinski definition) is 1. The van der Waals surface area contributed by atoms with Crippen molar-refractivity contribution in [1.29, 1.82) is 0 Å². The van der Waals surface area contributed by atoms with Crippen LogP contribution in [0.1, 0.15) is 21.5 Å². The number of ether oxygens (including phenoxy) is 2. The van der Waals surface area contributed by atoms with Crippen LogP contribution in [0.3, 0.4) is 0 Å². The van der Waals surface area contributed by atoms with Crippen LogP contribution in [0.25, 0.3) is 6.08 Å². The van der Waals surface area contributed by atoms with Crippen molar-refractivity contribution >= 4 is 56.5 Å². The predicted molar refractivity (Wildman–Crippen MR) is 140 cm³/mol. The van der Waals surface area contributed by atoms with Crippen LogP contribution in [0.5, 0.6) is 11.5 Å². The Hall–Kier alpha value is -3.56. The Morgan fingerprint density at radius 1 is 1.06 bits per heavy atom. The van der Waals surface area contributed by atoms with Crippen molar-refractivity contribution in [2.45, 2.75) is 6.54 Å². The van der Waals surface area contributed by atoms with Gasteiger partial charge in [0.15, 0.2) is 5.17 Å². The minimum absolute atomic E-state index is 0.187. The number of aromatic carboxylic acids is 1. The minimum atomic E-state index is -1.000. The average molecular weight is 553 g/mol. The Morgan fingerprint density at radius 2 is 1.74 bits per heavy atom. The highest BCUT2D eigenvalue weighted by Gasteiger charge is 2.34. The largest absolute Gasteiger partial charge is 0.496 e. The zero-order valence-electron chi connectivity index (χ0n) is 18.9. The molecule has 1 heterocycles. The van der Waals surface area contributed by atoms with E-state index in [4.69, 9.17) is 19.6 Å². The molecule has 1 amide bonds. The summed E-state index contributed by atoms with van der Waals surface area (Å²) in [7, 11) is 3.13. The predicted octanol–water partition coefficient (Wildman–Crippen LogP) is 5.97. The lowest BCUT2D eigenvalue weighted by Crippen LogP contribution is -2.28. The number of para-hydroxylation sites is 1. The van der Waals surface area contributed by atoms with Gasteiger partial charge < -0.3 is 14.6 Å². The molecular weight excluding hydrogens is 532 g/mol. The lowest BCUT2D eigenvalue weighted by Gasteiger charge is -2.16. The molecule has 0 aliphatic carbocycles. The zero-order chi connectivity index (χ0) is 24.9. The standard InChI is InChI=1S/C26H21BrN2O5S/c1-33-21-14-22(34-2)20(27)12-18(21)13-23-24(30)29(15-16-8-10-17(11-9-16)25(31)32)26(35-23)28-19-6-4-3-5-7-19/h3-14H,15H2,1-2H3,(H,31,32)/b23-13-,28-26?. The second-order valence-electron chi connectivity index (χ2n) is 7.46. The second-order valence-corrected chi connectivity index (χ2v) is 9.33. The van der Waals surface area contributed by atoms with E-state index < -0.39 is 5.97 Å². The van der Waals surface area contributed by atoms with Gasteiger partial charge in [-0.2, -0.15) is 0 Å². The van der Waals surface area contributed by atoms with Crippen LogP contribution >= 0.6 is 27.7 Å². The highest BCUT2D eigenvalue weighted by atomic mass is 79.9. The first kappa shape index (κ1) is 24.6. The Bertz CT molecular complexity index is 1320. The fourth-order valence-corrected chi connectivity index (χ4v) is 4.93. The number of thioether (sulfide) groups is 1. The molecule has 0 spiro atoms. The maximum absolute atomic E-state index is 13.5. The SMILES string of the molecule is COc1cc(OC)c(/C=C2\SC(=Nc3ccccc3)N(Cc3ccc(C(=O)O)cc3)C2=O)cc1Br. The molecular formula is C26H21BrN2O5S. The molecule has 0 saturated carbocycles. The number of amidine groups is 1. The molecule has 1 aliphatic rings. The van der Waals surface area contributed by atoms with E-state index in [-0.39, 0.29) is 18.0 Å². The first-order valence-electron chi connectivity index (χ1n) is 10.5. The van der Waals surface area contributed by atoms with Crippen LogP contribution in [-0.4, -0.2) is 41.3 Å². The summed E-state index contributed by atoms with van der Waals surface area (Å²) in [6, 6.07) is 19.4. The van der Waals surface area contributed by atoms with Crippen molar-refractivity contribution in [1.82, 2.24) is 4.90 Å². The second kappa shape index (κ2) is 10.8. The lowest BCUT2D eigenvalue weighted by atomic mass is 10.1. The monoisotopic (exact) mass is 552 g/mol. The van der Waals surface area contributed by atoms with Gasteiger partial charge in [-0.25, -0.2) is 9.79 Å². The Morgan fingerprint density at radius 3 is 2.37 bits per heavy atom. The number of methoxy groups -OCH3 is 2. The van der Waals surface area contributed by atoms with Crippen molar-refractivity contribution in [3.63, 3.8) is 0 Å². The van der Waals surface area contributed by atoms with Crippen LogP contribution < -0.4 is 9.47 Å². The van der Waals surface area contributed by atoms with Gasteiger partial charge in [0.25, 0.3) is 5.91 Å². The quantitative estimate of drug-likeness (QED) is 0.363. The Balaban J connectivity index is 1.72. The van der Waals surface area contributed by atoms with Crippen LogP contribution in [-0.2, 0) is 11.3 Å². The van der Waals surface area contributed by atoms with E-state index in [0.29, 0.717) is 27.1 Å². The molecule has 0 aromatic heterocycles. The number of carbonyl (C=O) groups is 2. The number of hydrogen-bond acceptors (Lipinski definition) is 6. The van der Waals surface area contributed by atoms with Gasteiger partial charge in [-0.15, -0.1) is 0 Å². The summed E-state index contributed by atoms with van der Waals surface area (Å²) in [6.07, 6.45) is 1.77. The molecule has 3 aromatic rings. The zero-order valence-corrected chi connectivity index (χ0v) is 21.3. The third-order valence-electron chi connectivity index (χ3n) is 5.20. The van der Waals surface area contributed by atoms with Gasteiger partial charge in [0.2, 0.25) is 0 Å². The van der Waals surface area contributed by atoms with E-state index >= 15 is 0 Å². The summed E-state index contributed by atoms with van der Waals surface area (Å²) < 4.78 is 11.6. The Kier molecular flexibility index (Phi) is 7.57. The van der Waals surface area contributed by atoms with Gasteiger partial charge in [-0.3, -0.25) is 9.69 Å². The van der Waals surface area contributed by atoms with Crippen molar-refractivity contribution in [3.8, 4) is 11.5 Å². The molecule has 0 radical (unpaired) electrons. The van der Waals surface area contributed by atoms with E-state index in [0.717, 1.165) is 15.7 Å². The van der Waals surface area contributed by atoms with Crippen molar-refractivity contribution in [2.75, 3.05) is 14.2 Å². The molecule has 4 rings (SSSR count). The third-order valence-corrected chi connectivity index (χ3v) is 6.83. The summed E-state index contributed by atoms with van der Waals surface area (Å²) in [5.74, 6) is -0.0242. The lowest BCUT2D eigenvalue weighted by molar-refractivity contribution is -0.122. The first-order valence-corrected chi connectivity index (χ1v) is 12.1. The van der Waals surface area contributed by atoms with E-state index in [2.05, 4.69) is 15.9 Å². The summed E-state index contributed by atoms with van der Waals surface area (Å²) in [5, 5.41) is 9.69. The number of carbonyl (C=O) groups excluding carboxylic acids is 1. The van der Waals surface area contributed by atoms with Gasteiger partial charge >= 0.3 is 5.97 Å². The summed E-state index contributed by atoms with van der Waals surface area (Å²) in [5.41, 5.74) is 2.41. The molecule has 1 aliphatic heterocycles. The maximum Gasteiger partial charge on any atom is 0.335 e. The van der Waals surface area contributed by atoms with E-state index in [9.17, 15) is 9.59 Å².